The molecule has 154 valence electrons. The van der Waals surface area contributed by atoms with Gasteiger partial charge in [0.1, 0.15) is 0 Å². The average Bonchev–Trinajstić information content (AvgIpc) is 3.26. The van der Waals surface area contributed by atoms with Gasteiger partial charge in [0.2, 0.25) is 0 Å². The molecule has 0 fully saturated rings. The molecule has 30 heavy (non-hydrogen) atoms. The summed E-state index contributed by atoms with van der Waals surface area (Å²) in [5.74, 6) is -1.65. The van der Waals surface area contributed by atoms with Crippen LogP contribution in [-0.4, -0.2) is 24.4 Å². The van der Waals surface area contributed by atoms with Gasteiger partial charge in [-0.05, 0) is 48.9 Å². The van der Waals surface area contributed by atoms with E-state index in [9.17, 15) is 14.4 Å². The maximum atomic E-state index is 12.3. The molecule has 7 nitrogen and oxygen atoms in total. The Morgan fingerprint density at radius 3 is 2.40 bits per heavy atom. The predicted molar refractivity (Wildman–Crippen MR) is 113 cm³/mol. The van der Waals surface area contributed by atoms with E-state index in [0.717, 1.165) is 5.56 Å². The van der Waals surface area contributed by atoms with Crippen LogP contribution in [0, 0.1) is 6.92 Å². The summed E-state index contributed by atoms with van der Waals surface area (Å²) in [5.41, 5.74) is 1.55. The highest BCUT2D eigenvalue weighted by atomic mass is 35.5. The van der Waals surface area contributed by atoms with Crippen molar-refractivity contribution in [2.75, 3.05) is 17.2 Å². The molecular formula is C21H16Cl2N2O5. The minimum atomic E-state index is -0.732. The lowest BCUT2D eigenvalue weighted by Crippen LogP contribution is -2.21. The van der Waals surface area contributed by atoms with Gasteiger partial charge < -0.3 is 19.8 Å². The fourth-order valence-electron chi connectivity index (χ4n) is 2.48. The zero-order valence-electron chi connectivity index (χ0n) is 15.7. The number of hydrogen-bond acceptors (Lipinski definition) is 5. The largest absolute Gasteiger partial charge is 0.459 e. The number of carbonyl (C=O) groups is 3. The highest BCUT2D eigenvalue weighted by Gasteiger charge is 2.16. The SMILES string of the molecule is Cc1ccc(C(=O)OCC(=O)Nc2c(Cl)cccc2Cl)cc1NC(=O)c1ccco1. The third-order valence-corrected chi connectivity index (χ3v) is 4.66. The van der Waals surface area contributed by atoms with E-state index < -0.39 is 24.4 Å². The van der Waals surface area contributed by atoms with Crippen molar-refractivity contribution in [2.45, 2.75) is 6.92 Å². The molecule has 0 atom stereocenters. The van der Waals surface area contributed by atoms with E-state index >= 15 is 0 Å². The molecule has 1 aromatic heterocycles. The van der Waals surface area contributed by atoms with Gasteiger partial charge in [0.15, 0.2) is 12.4 Å². The third kappa shape index (κ3) is 5.20. The number of ether oxygens (including phenoxy) is 1. The van der Waals surface area contributed by atoms with Crippen molar-refractivity contribution in [3.8, 4) is 0 Å². The molecular weight excluding hydrogens is 431 g/mol. The number of nitrogens with one attached hydrogen (secondary N) is 2. The Balaban J connectivity index is 1.62. The van der Waals surface area contributed by atoms with Crippen LogP contribution in [0.1, 0.15) is 26.5 Å². The van der Waals surface area contributed by atoms with Crippen LogP contribution in [0.25, 0.3) is 0 Å². The summed E-state index contributed by atoms with van der Waals surface area (Å²) in [7, 11) is 0. The fraction of sp³-hybridized carbons (Fsp3) is 0.0952. The molecule has 0 aliphatic heterocycles. The first-order chi connectivity index (χ1) is 14.3. The molecule has 0 bridgehead atoms. The summed E-state index contributed by atoms with van der Waals surface area (Å²) in [5, 5.41) is 5.69. The first-order valence-electron chi connectivity index (χ1n) is 8.71. The van der Waals surface area contributed by atoms with Crippen molar-refractivity contribution in [3.63, 3.8) is 0 Å². The molecule has 3 aromatic rings. The van der Waals surface area contributed by atoms with E-state index in [-0.39, 0.29) is 27.1 Å². The summed E-state index contributed by atoms with van der Waals surface area (Å²) in [4.78, 5) is 36.6. The molecule has 3 rings (SSSR count). The van der Waals surface area contributed by atoms with Crippen LogP contribution in [0.3, 0.4) is 0 Å². The lowest BCUT2D eigenvalue weighted by atomic mass is 10.1. The summed E-state index contributed by atoms with van der Waals surface area (Å²) < 4.78 is 10.1. The summed E-state index contributed by atoms with van der Waals surface area (Å²) in [6.07, 6.45) is 1.39. The van der Waals surface area contributed by atoms with Gasteiger partial charge in [-0.1, -0.05) is 35.3 Å². The number of aryl methyl sites for hydroxylation is 1. The smallest absolute Gasteiger partial charge is 0.338 e. The van der Waals surface area contributed by atoms with Crippen LogP contribution < -0.4 is 10.6 Å². The van der Waals surface area contributed by atoms with Gasteiger partial charge in [-0.2, -0.15) is 0 Å². The van der Waals surface area contributed by atoms with Gasteiger partial charge in [-0.3, -0.25) is 9.59 Å². The molecule has 0 aliphatic rings. The van der Waals surface area contributed by atoms with Crippen LogP contribution in [0.2, 0.25) is 10.0 Å². The normalized spacial score (nSPS) is 10.4. The number of furan rings is 1. The Hall–Kier alpha value is -3.29. The molecule has 0 spiro atoms. The average molecular weight is 447 g/mol. The molecule has 0 saturated carbocycles. The monoisotopic (exact) mass is 446 g/mol. The van der Waals surface area contributed by atoms with Gasteiger partial charge in [0, 0.05) is 5.69 Å². The van der Waals surface area contributed by atoms with E-state index in [0.29, 0.717) is 5.69 Å². The highest BCUT2D eigenvalue weighted by Crippen LogP contribution is 2.29. The number of rotatable bonds is 6. The van der Waals surface area contributed by atoms with Gasteiger partial charge >= 0.3 is 5.97 Å². The maximum absolute atomic E-state index is 12.3. The molecule has 1 heterocycles. The van der Waals surface area contributed by atoms with Gasteiger partial charge in [0.05, 0.1) is 27.6 Å². The van der Waals surface area contributed by atoms with Gasteiger partial charge in [0.25, 0.3) is 11.8 Å². The van der Waals surface area contributed by atoms with E-state index in [1.165, 1.54) is 24.5 Å². The number of benzene rings is 2. The maximum Gasteiger partial charge on any atom is 0.338 e. The highest BCUT2D eigenvalue weighted by molar-refractivity contribution is 6.39. The number of para-hydroxylation sites is 1. The van der Waals surface area contributed by atoms with E-state index in [1.54, 1.807) is 37.3 Å². The van der Waals surface area contributed by atoms with Crippen LogP contribution >= 0.6 is 23.2 Å². The fourth-order valence-corrected chi connectivity index (χ4v) is 2.97. The Kier molecular flexibility index (Phi) is 6.76. The van der Waals surface area contributed by atoms with Crippen molar-refractivity contribution < 1.29 is 23.5 Å². The summed E-state index contributed by atoms with van der Waals surface area (Å²) >= 11 is 12.0. The minimum absolute atomic E-state index is 0.136. The lowest BCUT2D eigenvalue weighted by molar-refractivity contribution is -0.119. The zero-order chi connectivity index (χ0) is 21.7. The molecule has 9 heteroatoms. The minimum Gasteiger partial charge on any atom is -0.459 e. The third-order valence-electron chi connectivity index (χ3n) is 4.03. The predicted octanol–water partition coefficient (Wildman–Crippen LogP) is 4.94. The van der Waals surface area contributed by atoms with E-state index in [4.69, 9.17) is 32.4 Å². The molecule has 0 radical (unpaired) electrons. The molecule has 0 saturated heterocycles. The molecule has 0 unspecified atom stereocenters. The van der Waals surface area contributed by atoms with Crippen molar-refractivity contribution in [1.29, 1.82) is 0 Å². The van der Waals surface area contributed by atoms with Crippen molar-refractivity contribution in [2.24, 2.45) is 0 Å². The number of esters is 1. The van der Waals surface area contributed by atoms with Crippen LogP contribution in [-0.2, 0) is 9.53 Å². The Bertz CT molecular complexity index is 1080. The van der Waals surface area contributed by atoms with Gasteiger partial charge in [-0.15, -0.1) is 0 Å². The van der Waals surface area contributed by atoms with Crippen LogP contribution in [0.5, 0.6) is 0 Å². The first-order valence-corrected chi connectivity index (χ1v) is 9.47. The van der Waals surface area contributed by atoms with E-state index in [2.05, 4.69) is 10.6 Å². The standard InChI is InChI=1S/C21H16Cl2N2O5/c1-12-7-8-13(10-16(12)24-20(27)17-6-3-9-29-17)21(28)30-11-18(26)25-19-14(22)4-2-5-15(19)23/h2-10H,11H2,1H3,(H,24,27)(H,25,26). The van der Waals surface area contributed by atoms with Crippen molar-refractivity contribution in [3.05, 3.63) is 81.7 Å². The Morgan fingerprint density at radius 2 is 1.73 bits per heavy atom. The quantitative estimate of drug-likeness (QED) is 0.522. The number of carbonyl (C=O) groups excluding carboxylic acids is 3. The second-order valence-corrected chi connectivity index (χ2v) is 7.00. The zero-order valence-corrected chi connectivity index (χ0v) is 17.2. The lowest BCUT2D eigenvalue weighted by Gasteiger charge is -2.11. The number of amides is 2. The summed E-state index contributed by atoms with van der Waals surface area (Å²) in [6, 6.07) is 12.5. The number of halogens is 2. The van der Waals surface area contributed by atoms with Crippen molar-refractivity contribution >= 4 is 52.4 Å². The second-order valence-electron chi connectivity index (χ2n) is 6.18. The van der Waals surface area contributed by atoms with Crippen LogP contribution in [0.15, 0.2) is 59.2 Å². The Morgan fingerprint density at radius 1 is 1.00 bits per heavy atom. The molecule has 2 aromatic carbocycles. The molecule has 2 N–H and O–H groups in total. The van der Waals surface area contributed by atoms with Gasteiger partial charge in [-0.25, -0.2) is 4.79 Å². The Labute approximate surface area is 181 Å². The first kappa shape index (κ1) is 21.4. The van der Waals surface area contributed by atoms with Crippen molar-refractivity contribution in [1.82, 2.24) is 0 Å². The van der Waals surface area contributed by atoms with E-state index in [1.807, 2.05) is 0 Å². The molecule has 2 amide bonds. The summed E-state index contributed by atoms with van der Waals surface area (Å²) in [6.45, 7) is 1.23. The number of anilines is 2. The number of hydrogen-bond donors (Lipinski definition) is 2. The molecule has 0 aliphatic carbocycles. The second kappa shape index (κ2) is 9.47. The van der Waals surface area contributed by atoms with Crippen LogP contribution in [0.4, 0.5) is 11.4 Å². The topological polar surface area (TPSA) is 97.6 Å².